The fraction of sp³-hybridized carbons (Fsp3) is 0.462. The van der Waals surface area contributed by atoms with Crippen LogP contribution in [0.25, 0.3) is 0 Å². The zero-order valence-corrected chi connectivity index (χ0v) is 12.5. The van der Waals surface area contributed by atoms with Gasteiger partial charge in [0.1, 0.15) is 0 Å². The van der Waals surface area contributed by atoms with Crippen LogP contribution in [0.4, 0.5) is 0 Å². The lowest BCUT2D eigenvalue weighted by molar-refractivity contribution is -0.123. The van der Waals surface area contributed by atoms with Crippen molar-refractivity contribution in [1.82, 2.24) is 5.32 Å². The molecule has 6 nitrogen and oxygen atoms in total. The summed E-state index contributed by atoms with van der Waals surface area (Å²) in [4.78, 5) is 11.8. The molecule has 0 spiro atoms. The number of carbonyl (C=O) groups is 1. The van der Waals surface area contributed by atoms with Gasteiger partial charge in [-0.05, 0) is 31.0 Å². The normalized spacial score (nSPS) is 14.6. The molecule has 20 heavy (non-hydrogen) atoms. The van der Waals surface area contributed by atoms with E-state index in [9.17, 15) is 13.2 Å². The minimum absolute atomic E-state index is 0.0439. The van der Waals surface area contributed by atoms with E-state index in [0.29, 0.717) is 6.42 Å². The molecule has 1 aromatic carbocycles. The van der Waals surface area contributed by atoms with Gasteiger partial charge in [-0.15, -0.1) is 0 Å². The lowest BCUT2D eigenvalue weighted by Gasteiger charge is -2.17. The number of benzene rings is 1. The number of nitrogens with two attached hydrogens (primary N) is 2. The predicted molar refractivity (Wildman–Crippen MR) is 77.3 cm³/mol. The van der Waals surface area contributed by atoms with Gasteiger partial charge in [0.05, 0.1) is 17.0 Å². The molecule has 0 aromatic heterocycles. The fourth-order valence-electron chi connectivity index (χ4n) is 1.79. The second kappa shape index (κ2) is 6.83. The fourth-order valence-corrected chi connectivity index (χ4v) is 2.31. The molecule has 0 aliphatic carbocycles. The largest absolute Gasteiger partial charge is 0.348 e. The third-order valence-corrected chi connectivity index (χ3v) is 3.93. The maximum atomic E-state index is 11.8. The van der Waals surface area contributed by atoms with Crippen LogP contribution < -0.4 is 16.2 Å². The van der Waals surface area contributed by atoms with Crippen molar-refractivity contribution in [3.63, 3.8) is 0 Å². The van der Waals surface area contributed by atoms with Gasteiger partial charge in [0.15, 0.2) is 0 Å². The topological polar surface area (TPSA) is 115 Å². The van der Waals surface area contributed by atoms with Crippen LogP contribution >= 0.6 is 0 Å². The summed E-state index contributed by atoms with van der Waals surface area (Å²) >= 11 is 0. The van der Waals surface area contributed by atoms with Gasteiger partial charge in [-0.1, -0.05) is 25.5 Å². The van der Waals surface area contributed by atoms with Gasteiger partial charge in [-0.25, -0.2) is 13.6 Å². The number of hydrogen-bond acceptors (Lipinski definition) is 4. The van der Waals surface area contributed by atoms with E-state index < -0.39 is 16.1 Å². The molecular formula is C13H21N3O3S. The molecule has 0 radical (unpaired) electrons. The number of hydrogen-bond donors (Lipinski definition) is 3. The van der Waals surface area contributed by atoms with Crippen molar-refractivity contribution in [2.45, 2.75) is 43.7 Å². The SMILES string of the molecule is CCCC(N)C(=O)NC(C)c1ccc(S(N)(=O)=O)cc1. The Bertz CT molecular complexity index is 555. The van der Waals surface area contributed by atoms with E-state index in [1.54, 1.807) is 12.1 Å². The molecule has 0 heterocycles. The highest BCUT2D eigenvalue weighted by molar-refractivity contribution is 7.89. The van der Waals surface area contributed by atoms with Crippen molar-refractivity contribution in [2.75, 3.05) is 0 Å². The average molecular weight is 299 g/mol. The summed E-state index contributed by atoms with van der Waals surface area (Å²) in [6.07, 6.45) is 1.47. The molecule has 1 amide bonds. The number of rotatable bonds is 6. The Kier molecular flexibility index (Phi) is 5.67. The van der Waals surface area contributed by atoms with Crippen molar-refractivity contribution in [3.8, 4) is 0 Å². The second-order valence-electron chi connectivity index (χ2n) is 4.74. The molecule has 2 unspecified atom stereocenters. The minimum Gasteiger partial charge on any atom is -0.348 e. The Morgan fingerprint density at radius 2 is 1.85 bits per heavy atom. The van der Waals surface area contributed by atoms with Crippen LogP contribution in [0.1, 0.15) is 38.3 Å². The van der Waals surface area contributed by atoms with Crippen molar-refractivity contribution in [1.29, 1.82) is 0 Å². The van der Waals surface area contributed by atoms with Crippen LogP contribution in [0.2, 0.25) is 0 Å². The predicted octanol–water partition coefficient (Wildman–Crippen LogP) is 0.639. The average Bonchev–Trinajstić information content (AvgIpc) is 2.38. The van der Waals surface area contributed by atoms with Crippen LogP contribution in [0, 0.1) is 0 Å². The number of carbonyl (C=O) groups excluding carboxylic acids is 1. The molecule has 0 fully saturated rings. The third-order valence-electron chi connectivity index (χ3n) is 3.00. The maximum Gasteiger partial charge on any atom is 0.238 e. The molecule has 1 rings (SSSR count). The maximum absolute atomic E-state index is 11.8. The quantitative estimate of drug-likeness (QED) is 0.714. The molecule has 7 heteroatoms. The van der Waals surface area contributed by atoms with E-state index >= 15 is 0 Å². The zero-order chi connectivity index (χ0) is 15.3. The smallest absolute Gasteiger partial charge is 0.238 e. The second-order valence-corrected chi connectivity index (χ2v) is 6.30. The van der Waals surface area contributed by atoms with Crippen molar-refractivity contribution in [3.05, 3.63) is 29.8 Å². The van der Waals surface area contributed by atoms with E-state index in [1.807, 2.05) is 13.8 Å². The monoisotopic (exact) mass is 299 g/mol. The highest BCUT2D eigenvalue weighted by atomic mass is 32.2. The molecule has 1 aromatic rings. The summed E-state index contributed by atoms with van der Waals surface area (Å²) in [6, 6.07) is 5.30. The van der Waals surface area contributed by atoms with Crippen LogP contribution in [0.5, 0.6) is 0 Å². The molecule has 0 bridgehead atoms. The first-order valence-electron chi connectivity index (χ1n) is 6.44. The summed E-state index contributed by atoms with van der Waals surface area (Å²) in [5.74, 6) is -0.213. The number of nitrogens with one attached hydrogen (secondary N) is 1. The highest BCUT2D eigenvalue weighted by Crippen LogP contribution is 2.15. The lowest BCUT2D eigenvalue weighted by atomic mass is 10.1. The van der Waals surface area contributed by atoms with Gasteiger partial charge in [0.25, 0.3) is 0 Å². The summed E-state index contributed by atoms with van der Waals surface area (Å²) < 4.78 is 22.3. The molecule has 5 N–H and O–H groups in total. The minimum atomic E-state index is -3.70. The summed E-state index contributed by atoms with van der Waals surface area (Å²) in [5, 5.41) is 7.82. The third kappa shape index (κ3) is 4.59. The molecule has 0 aliphatic rings. The number of primary sulfonamides is 1. The van der Waals surface area contributed by atoms with Crippen LogP contribution in [-0.2, 0) is 14.8 Å². The molecule has 0 saturated carbocycles. The van der Waals surface area contributed by atoms with E-state index in [2.05, 4.69) is 5.32 Å². The van der Waals surface area contributed by atoms with Gasteiger partial charge < -0.3 is 11.1 Å². The first-order valence-corrected chi connectivity index (χ1v) is 7.99. The molecule has 0 saturated heterocycles. The summed E-state index contributed by atoms with van der Waals surface area (Å²) in [5.41, 5.74) is 6.51. The summed E-state index contributed by atoms with van der Waals surface area (Å²) in [7, 11) is -3.70. The number of amides is 1. The van der Waals surface area contributed by atoms with E-state index in [4.69, 9.17) is 10.9 Å². The van der Waals surface area contributed by atoms with Crippen molar-refractivity contribution in [2.24, 2.45) is 10.9 Å². The van der Waals surface area contributed by atoms with Gasteiger partial charge in [0.2, 0.25) is 15.9 Å². The molecule has 0 aliphatic heterocycles. The van der Waals surface area contributed by atoms with Crippen molar-refractivity contribution < 1.29 is 13.2 Å². The number of sulfonamides is 1. The van der Waals surface area contributed by atoms with Crippen LogP contribution in [-0.4, -0.2) is 20.4 Å². The first-order chi connectivity index (χ1) is 9.25. The van der Waals surface area contributed by atoms with E-state index in [1.165, 1.54) is 12.1 Å². The first kappa shape index (κ1) is 16.6. The van der Waals surface area contributed by atoms with E-state index in [-0.39, 0.29) is 16.8 Å². The van der Waals surface area contributed by atoms with Gasteiger partial charge in [0, 0.05) is 0 Å². The van der Waals surface area contributed by atoms with Crippen molar-refractivity contribution >= 4 is 15.9 Å². The molecular weight excluding hydrogens is 278 g/mol. The summed E-state index contributed by atoms with van der Waals surface area (Å²) in [6.45, 7) is 3.77. The van der Waals surface area contributed by atoms with Crippen LogP contribution in [0.3, 0.4) is 0 Å². The Balaban J connectivity index is 2.73. The zero-order valence-electron chi connectivity index (χ0n) is 11.7. The Labute approximate surface area is 119 Å². The van der Waals surface area contributed by atoms with Gasteiger partial charge >= 0.3 is 0 Å². The molecule has 112 valence electrons. The Morgan fingerprint density at radius 1 is 1.30 bits per heavy atom. The highest BCUT2D eigenvalue weighted by Gasteiger charge is 2.16. The Morgan fingerprint density at radius 3 is 2.30 bits per heavy atom. The molecule has 2 atom stereocenters. The Hall–Kier alpha value is -1.44. The van der Waals surface area contributed by atoms with E-state index in [0.717, 1.165) is 12.0 Å². The van der Waals surface area contributed by atoms with Gasteiger partial charge in [-0.3, -0.25) is 4.79 Å². The lowest BCUT2D eigenvalue weighted by Crippen LogP contribution is -2.41. The van der Waals surface area contributed by atoms with Gasteiger partial charge in [-0.2, -0.15) is 0 Å². The standard InChI is InChI=1S/C13H21N3O3S/c1-3-4-12(14)13(17)16-9(2)10-5-7-11(8-6-10)20(15,18)19/h5-9,12H,3-4,14H2,1-2H3,(H,16,17)(H2,15,18,19). The van der Waals surface area contributed by atoms with Crippen LogP contribution in [0.15, 0.2) is 29.2 Å².